The van der Waals surface area contributed by atoms with E-state index in [2.05, 4.69) is 10.6 Å². The fourth-order valence-corrected chi connectivity index (χ4v) is 2.64. The van der Waals surface area contributed by atoms with Gasteiger partial charge in [-0.1, -0.05) is 17.7 Å². The van der Waals surface area contributed by atoms with Crippen LogP contribution in [0.1, 0.15) is 19.8 Å². The number of carbonyl (C=O) groups is 1. The van der Waals surface area contributed by atoms with Crippen molar-refractivity contribution in [1.29, 1.82) is 0 Å². The summed E-state index contributed by atoms with van der Waals surface area (Å²) in [5.74, 6) is 0.495. The smallest absolute Gasteiger partial charge is 0.228 e. The zero-order chi connectivity index (χ0) is 15.8. The van der Waals surface area contributed by atoms with Crippen LogP contribution in [-0.2, 0) is 9.53 Å². The molecule has 0 radical (unpaired) electrons. The molecule has 0 saturated carbocycles. The lowest BCUT2D eigenvalue weighted by atomic mass is 9.99. The van der Waals surface area contributed by atoms with E-state index in [-0.39, 0.29) is 11.8 Å². The molecule has 1 amide bonds. The van der Waals surface area contributed by atoms with Crippen molar-refractivity contribution in [1.82, 2.24) is 5.32 Å². The van der Waals surface area contributed by atoms with Crippen LogP contribution < -0.4 is 15.4 Å². The first-order valence-electron chi connectivity index (χ1n) is 7.73. The van der Waals surface area contributed by atoms with Gasteiger partial charge in [0.1, 0.15) is 6.61 Å². The number of hydrogen-bond acceptors (Lipinski definition) is 4. The maximum atomic E-state index is 12.3. The predicted molar refractivity (Wildman–Crippen MR) is 87.7 cm³/mol. The number of anilines is 1. The average molecular weight is 327 g/mol. The molecule has 1 aromatic rings. The minimum Gasteiger partial charge on any atom is -0.487 e. The highest BCUT2D eigenvalue weighted by molar-refractivity contribution is 6.32. The van der Waals surface area contributed by atoms with E-state index in [4.69, 9.17) is 21.1 Å². The largest absolute Gasteiger partial charge is 0.487 e. The molecule has 1 aromatic carbocycles. The van der Waals surface area contributed by atoms with E-state index in [1.807, 2.05) is 6.92 Å². The summed E-state index contributed by atoms with van der Waals surface area (Å²) in [4.78, 5) is 12.3. The Hall–Kier alpha value is -1.30. The summed E-state index contributed by atoms with van der Waals surface area (Å²) in [5.41, 5.74) is 0.611. The van der Waals surface area contributed by atoms with Gasteiger partial charge in [-0.25, -0.2) is 0 Å². The standard InChI is InChI=1S/C16H23ClN2O3/c1-2-21-9-10-22-15-13(17)6-3-7-14(15)19-16(20)12-5-4-8-18-11-12/h3,6-7,12,18H,2,4-5,8-11H2,1H3,(H,19,20). The third-order valence-electron chi connectivity index (χ3n) is 3.57. The highest BCUT2D eigenvalue weighted by Gasteiger charge is 2.22. The summed E-state index contributed by atoms with van der Waals surface area (Å²) in [6.45, 7) is 5.15. The zero-order valence-electron chi connectivity index (χ0n) is 12.9. The quantitative estimate of drug-likeness (QED) is 0.756. The molecule has 1 unspecified atom stereocenters. The van der Waals surface area contributed by atoms with Crippen LogP contribution in [0, 0.1) is 5.92 Å². The predicted octanol–water partition coefficient (Wildman–Crippen LogP) is 2.69. The summed E-state index contributed by atoms with van der Waals surface area (Å²) >= 11 is 6.18. The normalized spacial score (nSPS) is 18.0. The van der Waals surface area contributed by atoms with E-state index < -0.39 is 0 Å². The van der Waals surface area contributed by atoms with E-state index >= 15 is 0 Å². The molecule has 1 fully saturated rings. The highest BCUT2D eigenvalue weighted by Crippen LogP contribution is 2.33. The molecule has 1 aliphatic heterocycles. The van der Waals surface area contributed by atoms with Crippen LogP contribution in [-0.4, -0.2) is 38.8 Å². The molecular formula is C16H23ClN2O3. The van der Waals surface area contributed by atoms with Crippen LogP contribution in [0.4, 0.5) is 5.69 Å². The topological polar surface area (TPSA) is 59.6 Å². The molecule has 0 aromatic heterocycles. The van der Waals surface area contributed by atoms with Crippen molar-refractivity contribution in [3.63, 3.8) is 0 Å². The third-order valence-corrected chi connectivity index (χ3v) is 3.87. The summed E-state index contributed by atoms with van der Waals surface area (Å²) in [6, 6.07) is 5.35. The molecule has 1 heterocycles. The first kappa shape index (κ1) is 17.1. The maximum absolute atomic E-state index is 12.3. The van der Waals surface area contributed by atoms with Gasteiger partial charge in [-0.3, -0.25) is 4.79 Å². The Bertz CT molecular complexity index is 490. The van der Waals surface area contributed by atoms with Crippen LogP contribution in [0.5, 0.6) is 5.75 Å². The zero-order valence-corrected chi connectivity index (χ0v) is 13.6. The molecule has 0 spiro atoms. The van der Waals surface area contributed by atoms with Crippen molar-refractivity contribution in [3.8, 4) is 5.75 Å². The number of piperidine rings is 1. The molecule has 0 bridgehead atoms. The minimum absolute atomic E-state index is 0.00382. The van der Waals surface area contributed by atoms with Gasteiger partial charge in [-0.05, 0) is 38.4 Å². The van der Waals surface area contributed by atoms with E-state index in [1.165, 1.54) is 0 Å². The molecule has 0 aliphatic carbocycles. The molecule has 2 N–H and O–H groups in total. The summed E-state index contributed by atoms with van der Waals surface area (Å²) in [6.07, 6.45) is 1.92. The molecular weight excluding hydrogens is 304 g/mol. The van der Waals surface area contributed by atoms with Crippen molar-refractivity contribution in [3.05, 3.63) is 23.2 Å². The van der Waals surface area contributed by atoms with E-state index in [1.54, 1.807) is 18.2 Å². The Morgan fingerprint density at radius 2 is 2.32 bits per heavy atom. The monoisotopic (exact) mass is 326 g/mol. The first-order valence-corrected chi connectivity index (χ1v) is 8.10. The molecule has 2 rings (SSSR count). The number of carbonyl (C=O) groups excluding carboxylic acids is 1. The molecule has 122 valence electrons. The third kappa shape index (κ3) is 4.87. The Morgan fingerprint density at radius 1 is 1.45 bits per heavy atom. The highest BCUT2D eigenvalue weighted by atomic mass is 35.5. The van der Waals surface area contributed by atoms with Gasteiger partial charge in [0, 0.05) is 13.2 Å². The number of para-hydroxylation sites is 1. The lowest BCUT2D eigenvalue weighted by Gasteiger charge is -2.22. The molecule has 5 nitrogen and oxygen atoms in total. The molecule has 1 aliphatic rings. The molecule has 6 heteroatoms. The second kappa shape index (κ2) is 8.98. The minimum atomic E-state index is -0.0102. The molecule has 1 saturated heterocycles. The van der Waals surface area contributed by atoms with Crippen LogP contribution in [0.15, 0.2) is 18.2 Å². The van der Waals surface area contributed by atoms with E-state index in [9.17, 15) is 4.79 Å². The second-order valence-electron chi connectivity index (χ2n) is 5.19. The van der Waals surface area contributed by atoms with Gasteiger partial charge in [-0.15, -0.1) is 0 Å². The summed E-state index contributed by atoms with van der Waals surface area (Å²) < 4.78 is 10.9. The second-order valence-corrected chi connectivity index (χ2v) is 5.60. The van der Waals surface area contributed by atoms with Gasteiger partial charge in [0.15, 0.2) is 5.75 Å². The number of amides is 1. The number of benzene rings is 1. The lowest BCUT2D eigenvalue weighted by molar-refractivity contribution is -0.120. The number of halogens is 1. The number of ether oxygens (including phenoxy) is 2. The Kier molecular flexibility index (Phi) is 6.96. The Labute approximate surface area is 136 Å². The van der Waals surface area contributed by atoms with Crippen LogP contribution in [0.2, 0.25) is 5.02 Å². The summed E-state index contributed by atoms with van der Waals surface area (Å²) in [5, 5.41) is 6.66. The van der Waals surface area contributed by atoms with Crippen molar-refractivity contribution >= 4 is 23.2 Å². The van der Waals surface area contributed by atoms with Crippen molar-refractivity contribution in [2.24, 2.45) is 5.92 Å². The van der Waals surface area contributed by atoms with E-state index in [0.29, 0.717) is 42.8 Å². The Balaban J connectivity index is 1.99. The molecule has 22 heavy (non-hydrogen) atoms. The van der Waals surface area contributed by atoms with E-state index in [0.717, 1.165) is 19.4 Å². The van der Waals surface area contributed by atoms with Gasteiger partial charge in [0.25, 0.3) is 0 Å². The van der Waals surface area contributed by atoms with Crippen molar-refractivity contribution in [2.45, 2.75) is 19.8 Å². The first-order chi connectivity index (χ1) is 10.7. The molecule has 1 atom stereocenters. The van der Waals surface area contributed by atoms with Gasteiger partial charge >= 0.3 is 0 Å². The van der Waals surface area contributed by atoms with Crippen LogP contribution in [0.25, 0.3) is 0 Å². The fourth-order valence-electron chi connectivity index (χ4n) is 2.41. The van der Waals surface area contributed by atoms with Gasteiger partial charge in [0.05, 0.1) is 23.2 Å². The summed E-state index contributed by atoms with van der Waals surface area (Å²) in [7, 11) is 0. The van der Waals surface area contributed by atoms with Crippen molar-refractivity contribution < 1.29 is 14.3 Å². The number of nitrogens with one attached hydrogen (secondary N) is 2. The number of rotatable bonds is 7. The Morgan fingerprint density at radius 3 is 3.05 bits per heavy atom. The SMILES string of the molecule is CCOCCOc1c(Cl)cccc1NC(=O)C1CCCNC1. The van der Waals surface area contributed by atoms with Crippen LogP contribution >= 0.6 is 11.6 Å². The maximum Gasteiger partial charge on any atom is 0.228 e. The fraction of sp³-hybridized carbons (Fsp3) is 0.562. The van der Waals surface area contributed by atoms with Gasteiger partial charge in [-0.2, -0.15) is 0 Å². The van der Waals surface area contributed by atoms with Gasteiger partial charge < -0.3 is 20.1 Å². The van der Waals surface area contributed by atoms with Crippen molar-refractivity contribution in [2.75, 3.05) is 38.2 Å². The lowest BCUT2D eigenvalue weighted by Crippen LogP contribution is -2.37. The number of hydrogen-bond donors (Lipinski definition) is 2. The van der Waals surface area contributed by atoms with Crippen LogP contribution in [0.3, 0.4) is 0 Å². The average Bonchev–Trinajstić information content (AvgIpc) is 2.54. The van der Waals surface area contributed by atoms with Gasteiger partial charge in [0.2, 0.25) is 5.91 Å².